The number of carbonyl (C=O) groups is 2. The maximum Gasteiger partial charge on any atom is 0.222 e. The van der Waals surface area contributed by atoms with Crippen LogP contribution in [0.25, 0.3) is 10.9 Å². The molecule has 2 bridgehead atoms. The minimum atomic E-state index is 0.00802. The second-order valence-corrected chi connectivity index (χ2v) is 11.9. The first-order chi connectivity index (χ1) is 20.3. The Balaban J connectivity index is 1.75. The fourth-order valence-corrected chi connectivity index (χ4v) is 6.00. The van der Waals surface area contributed by atoms with Crippen LogP contribution in [-0.4, -0.2) is 93.7 Å². The molecule has 10 heteroatoms. The Kier molecular flexibility index (Phi) is 11.1. The van der Waals surface area contributed by atoms with E-state index in [2.05, 4.69) is 42.0 Å². The van der Waals surface area contributed by atoms with Crippen LogP contribution in [0.5, 0.6) is 17.2 Å². The fourth-order valence-electron chi connectivity index (χ4n) is 6.00. The number of amides is 2. The van der Waals surface area contributed by atoms with Crippen molar-refractivity contribution in [3.63, 3.8) is 0 Å². The third kappa shape index (κ3) is 7.56. The molecule has 2 aliphatic heterocycles. The Hall–Kier alpha value is -3.27. The zero-order valence-corrected chi connectivity index (χ0v) is 26.3. The Morgan fingerprint density at radius 3 is 2.55 bits per heavy atom. The number of anilines is 1. The van der Waals surface area contributed by atoms with E-state index in [4.69, 9.17) is 19.2 Å². The SMILES string of the molecule is CCN1CCN(C(=O)CCC(C)C)CCC(=O)NCC2CCCN(C2)c2nc3cc(OC)c(OC)c(OC)c3cc2C1. The number of nitrogens with zero attached hydrogens (tertiary/aromatic N) is 4. The van der Waals surface area contributed by atoms with Crippen LogP contribution >= 0.6 is 0 Å². The standard InChI is InChI=1S/C32H49N5O5/c1-7-35-15-16-36(29(39)11-10-22(2)3)14-12-28(38)33-19-23-9-8-13-37(20-23)32-24(21-35)17-25-26(34-32)18-27(40-4)31(42-6)30(25)41-5/h17-18,22-23H,7-16,19-21H2,1-6H3,(H,33,38). The maximum absolute atomic E-state index is 13.2. The predicted molar refractivity (Wildman–Crippen MR) is 166 cm³/mol. The lowest BCUT2D eigenvalue weighted by atomic mass is 9.97. The Bertz CT molecular complexity index is 1240. The molecule has 0 saturated carbocycles. The highest BCUT2D eigenvalue weighted by Gasteiger charge is 2.27. The molecular formula is C32H49N5O5. The number of piperidine rings is 1. The van der Waals surface area contributed by atoms with Gasteiger partial charge in [0.25, 0.3) is 0 Å². The molecule has 1 aromatic heterocycles. The summed E-state index contributed by atoms with van der Waals surface area (Å²) in [6, 6.07) is 4.09. The zero-order valence-electron chi connectivity index (χ0n) is 26.3. The van der Waals surface area contributed by atoms with Gasteiger partial charge in [0, 0.05) is 75.7 Å². The normalized spacial score (nSPS) is 19.1. The first-order valence-electron chi connectivity index (χ1n) is 15.4. The van der Waals surface area contributed by atoms with Crippen LogP contribution in [0.4, 0.5) is 5.82 Å². The van der Waals surface area contributed by atoms with Crippen LogP contribution in [0.3, 0.4) is 0 Å². The van der Waals surface area contributed by atoms with Gasteiger partial charge >= 0.3 is 0 Å². The molecule has 1 atom stereocenters. The van der Waals surface area contributed by atoms with E-state index in [1.165, 1.54) is 0 Å². The molecule has 3 heterocycles. The lowest BCUT2D eigenvalue weighted by Crippen LogP contribution is -2.42. The Labute approximate surface area is 250 Å². The van der Waals surface area contributed by atoms with Crippen molar-refractivity contribution in [1.82, 2.24) is 20.1 Å². The number of carbonyl (C=O) groups excluding carboxylic acids is 2. The highest BCUT2D eigenvalue weighted by molar-refractivity contribution is 5.92. The minimum absolute atomic E-state index is 0.00802. The first-order valence-corrected chi connectivity index (χ1v) is 15.4. The fraction of sp³-hybridized carbons (Fsp3) is 0.656. The Morgan fingerprint density at radius 1 is 1.07 bits per heavy atom. The molecule has 0 aliphatic carbocycles. The maximum atomic E-state index is 13.2. The summed E-state index contributed by atoms with van der Waals surface area (Å²) in [5.74, 6) is 3.58. The molecule has 1 saturated heterocycles. The summed E-state index contributed by atoms with van der Waals surface area (Å²) in [4.78, 5) is 37.9. The molecule has 4 rings (SSSR count). The highest BCUT2D eigenvalue weighted by atomic mass is 16.5. The third-order valence-electron chi connectivity index (χ3n) is 8.51. The van der Waals surface area contributed by atoms with E-state index in [1.807, 2.05) is 11.0 Å². The quantitative estimate of drug-likeness (QED) is 0.521. The molecule has 2 aromatic rings. The van der Waals surface area contributed by atoms with E-state index in [9.17, 15) is 9.59 Å². The largest absolute Gasteiger partial charge is 0.493 e. The molecule has 2 amide bonds. The van der Waals surface area contributed by atoms with Crippen molar-refractivity contribution in [3.8, 4) is 17.2 Å². The van der Waals surface area contributed by atoms with Crippen LogP contribution in [-0.2, 0) is 16.1 Å². The van der Waals surface area contributed by atoms with Gasteiger partial charge in [-0.25, -0.2) is 4.98 Å². The topological polar surface area (TPSA) is 96.5 Å². The summed E-state index contributed by atoms with van der Waals surface area (Å²) in [6.45, 7) is 12.0. The van der Waals surface area contributed by atoms with E-state index in [0.717, 1.165) is 61.2 Å². The van der Waals surface area contributed by atoms with Crippen molar-refractivity contribution in [2.45, 2.75) is 59.4 Å². The summed E-state index contributed by atoms with van der Waals surface area (Å²) in [6.07, 6.45) is 3.77. The predicted octanol–water partition coefficient (Wildman–Crippen LogP) is 4.08. The molecule has 1 fully saturated rings. The number of nitrogens with one attached hydrogen (secondary N) is 1. The summed E-state index contributed by atoms with van der Waals surface area (Å²) < 4.78 is 17.1. The lowest BCUT2D eigenvalue weighted by molar-refractivity contribution is -0.132. The van der Waals surface area contributed by atoms with Crippen molar-refractivity contribution in [2.75, 3.05) is 72.0 Å². The summed E-state index contributed by atoms with van der Waals surface area (Å²) in [7, 11) is 4.87. The molecule has 42 heavy (non-hydrogen) atoms. The first kappa shape index (κ1) is 31.7. The third-order valence-corrected chi connectivity index (χ3v) is 8.51. The number of hydrogen-bond donors (Lipinski definition) is 1. The van der Waals surface area contributed by atoms with Crippen LogP contribution in [0.1, 0.15) is 58.4 Å². The number of aromatic nitrogens is 1. The molecule has 1 N–H and O–H groups in total. The highest BCUT2D eigenvalue weighted by Crippen LogP contribution is 2.44. The van der Waals surface area contributed by atoms with Gasteiger partial charge in [-0.1, -0.05) is 20.8 Å². The number of likely N-dealkylation sites (N-methyl/N-ethyl adjacent to an activating group) is 1. The molecule has 1 aromatic carbocycles. The van der Waals surface area contributed by atoms with Gasteiger partial charge in [-0.15, -0.1) is 0 Å². The van der Waals surface area contributed by atoms with E-state index in [1.54, 1.807) is 21.3 Å². The molecule has 0 spiro atoms. The van der Waals surface area contributed by atoms with E-state index in [-0.39, 0.29) is 11.8 Å². The molecule has 10 nitrogen and oxygen atoms in total. The minimum Gasteiger partial charge on any atom is -0.493 e. The van der Waals surface area contributed by atoms with Gasteiger partial charge in [0.2, 0.25) is 17.6 Å². The van der Waals surface area contributed by atoms with Crippen LogP contribution in [0, 0.1) is 11.8 Å². The number of hydrogen-bond acceptors (Lipinski definition) is 8. The van der Waals surface area contributed by atoms with Gasteiger partial charge in [-0.3, -0.25) is 14.5 Å². The molecular weight excluding hydrogens is 534 g/mol. The van der Waals surface area contributed by atoms with Crippen molar-refractivity contribution < 1.29 is 23.8 Å². The van der Waals surface area contributed by atoms with Crippen LogP contribution in [0.2, 0.25) is 0 Å². The van der Waals surface area contributed by atoms with Gasteiger partial charge in [0.1, 0.15) is 5.82 Å². The summed E-state index contributed by atoms with van der Waals surface area (Å²) in [5, 5.41) is 4.02. The van der Waals surface area contributed by atoms with E-state index >= 15 is 0 Å². The number of benzene rings is 1. The Morgan fingerprint density at radius 2 is 1.86 bits per heavy atom. The van der Waals surface area contributed by atoms with Gasteiger partial charge in [0.15, 0.2) is 11.5 Å². The second kappa shape index (κ2) is 14.8. The summed E-state index contributed by atoms with van der Waals surface area (Å²) in [5.41, 5.74) is 1.88. The van der Waals surface area contributed by atoms with Gasteiger partial charge in [0.05, 0.1) is 26.8 Å². The molecule has 2 aliphatic rings. The van der Waals surface area contributed by atoms with E-state index in [0.29, 0.717) is 74.6 Å². The van der Waals surface area contributed by atoms with E-state index < -0.39 is 0 Å². The van der Waals surface area contributed by atoms with Crippen molar-refractivity contribution in [1.29, 1.82) is 0 Å². The summed E-state index contributed by atoms with van der Waals surface area (Å²) >= 11 is 0. The number of ether oxygens (including phenoxy) is 3. The van der Waals surface area contributed by atoms with Crippen LogP contribution in [0.15, 0.2) is 12.1 Å². The average molecular weight is 584 g/mol. The van der Waals surface area contributed by atoms with Gasteiger partial charge in [-0.2, -0.15) is 0 Å². The number of rotatable bonds is 7. The van der Waals surface area contributed by atoms with Crippen LogP contribution < -0.4 is 24.4 Å². The smallest absolute Gasteiger partial charge is 0.222 e. The number of pyridine rings is 1. The van der Waals surface area contributed by atoms with Crippen molar-refractivity contribution >= 4 is 28.5 Å². The molecule has 0 radical (unpaired) electrons. The number of methoxy groups -OCH3 is 3. The average Bonchev–Trinajstić information content (AvgIpc) is 3.00. The van der Waals surface area contributed by atoms with Gasteiger partial charge in [-0.05, 0) is 43.7 Å². The monoisotopic (exact) mass is 583 g/mol. The molecule has 1 unspecified atom stereocenters. The molecule has 232 valence electrons. The second-order valence-electron chi connectivity index (χ2n) is 11.9. The van der Waals surface area contributed by atoms with Gasteiger partial charge < -0.3 is 29.3 Å². The van der Waals surface area contributed by atoms with Crippen molar-refractivity contribution in [2.24, 2.45) is 11.8 Å². The lowest BCUT2D eigenvalue weighted by Gasteiger charge is -2.35. The number of fused-ring (bicyclic) bond motifs is 5. The van der Waals surface area contributed by atoms with Crippen molar-refractivity contribution in [3.05, 3.63) is 17.7 Å². The zero-order chi connectivity index (χ0) is 30.2.